The van der Waals surface area contributed by atoms with Gasteiger partial charge in [-0.1, -0.05) is 6.92 Å². The van der Waals surface area contributed by atoms with Crippen LogP contribution in [0.1, 0.15) is 19.8 Å². The first-order valence-electron chi connectivity index (χ1n) is 4.73. The van der Waals surface area contributed by atoms with Crippen LogP contribution >= 0.6 is 0 Å². The second kappa shape index (κ2) is 4.97. The quantitative estimate of drug-likeness (QED) is 0.660. The molecule has 0 aromatic heterocycles. The highest BCUT2D eigenvalue weighted by Crippen LogP contribution is 1.97. The minimum atomic E-state index is 0.0893. The number of nitrogens with one attached hydrogen (secondary N) is 1. The topological polar surface area (TPSA) is 49.4 Å². The fourth-order valence-corrected chi connectivity index (χ4v) is 1.33. The van der Waals surface area contributed by atoms with Crippen LogP contribution in [0.5, 0.6) is 0 Å². The number of hydrogen-bond donors (Lipinski definition) is 1. The van der Waals surface area contributed by atoms with E-state index >= 15 is 0 Å². The molecule has 1 amide bonds. The third-order valence-electron chi connectivity index (χ3n) is 2.20. The molecule has 74 valence electrons. The van der Waals surface area contributed by atoms with Gasteiger partial charge in [0.05, 0.1) is 6.54 Å². The number of carbonyl (C=O) groups excluding carboxylic acids is 2. The molecular formula is C9H16N2O2. The molecule has 1 N–H and O–H groups in total. The Morgan fingerprint density at radius 3 is 3.00 bits per heavy atom. The van der Waals surface area contributed by atoms with Crippen LogP contribution in [0.4, 0.5) is 0 Å². The van der Waals surface area contributed by atoms with Gasteiger partial charge in [-0.25, -0.2) is 0 Å². The van der Waals surface area contributed by atoms with Crippen molar-refractivity contribution in [3.63, 3.8) is 0 Å². The molecule has 1 heterocycles. The summed E-state index contributed by atoms with van der Waals surface area (Å²) in [5, 5.41) is 2.77. The molecule has 0 bridgehead atoms. The first-order chi connectivity index (χ1) is 6.22. The minimum Gasteiger partial charge on any atom is -0.355 e. The third kappa shape index (κ3) is 3.55. The van der Waals surface area contributed by atoms with Gasteiger partial charge < -0.3 is 5.32 Å². The maximum absolute atomic E-state index is 11.1. The van der Waals surface area contributed by atoms with Crippen molar-refractivity contribution in [2.75, 3.05) is 26.2 Å². The molecule has 0 aliphatic carbocycles. The van der Waals surface area contributed by atoms with Gasteiger partial charge in [-0.2, -0.15) is 0 Å². The number of hydrogen-bond acceptors (Lipinski definition) is 3. The van der Waals surface area contributed by atoms with E-state index in [9.17, 15) is 9.59 Å². The van der Waals surface area contributed by atoms with Gasteiger partial charge in [0.15, 0.2) is 0 Å². The fourth-order valence-electron chi connectivity index (χ4n) is 1.33. The Labute approximate surface area is 78.3 Å². The lowest BCUT2D eigenvalue weighted by Gasteiger charge is -2.16. The molecule has 1 fully saturated rings. The predicted octanol–water partition coefficient (Wildman–Crippen LogP) is -0.213. The van der Waals surface area contributed by atoms with Crippen LogP contribution in [0, 0.1) is 0 Å². The van der Waals surface area contributed by atoms with Crippen molar-refractivity contribution >= 4 is 11.7 Å². The van der Waals surface area contributed by atoms with Crippen molar-refractivity contribution in [1.29, 1.82) is 0 Å². The van der Waals surface area contributed by atoms with Gasteiger partial charge in [-0.05, 0) is 0 Å². The Hall–Kier alpha value is -0.900. The van der Waals surface area contributed by atoms with Crippen LogP contribution < -0.4 is 5.32 Å². The lowest BCUT2D eigenvalue weighted by atomic mass is 10.3. The lowest BCUT2D eigenvalue weighted by Crippen LogP contribution is -2.32. The zero-order chi connectivity index (χ0) is 9.68. The summed E-state index contributed by atoms with van der Waals surface area (Å²) >= 11 is 0. The average Bonchev–Trinajstić information content (AvgIpc) is 2.31. The van der Waals surface area contributed by atoms with E-state index in [4.69, 9.17) is 0 Å². The standard InChI is InChI=1S/C9H16N2O2/c1-2-8(12)7-11-5-3-9(13)10-4-6-11/h2-7H2,1H3,(H,10,13). The van der Waals surface area contributed by atoms with Crippen molar-refractivity contribution in [3.05, 3.63) is 0 Å². The van der Waals surface area contributed by atoms with Crippen LogP contribution in [-0.4, -0.2) is 42.8 Å². The van der Waals surface area contributed by atoms with Gasteiger partial charge in [0, 0.05) is 32.5 Å². The number of Topliss-reactive ketones (excluding diaryl/α,β-unsaturated/α-hetero) is 1. The molecule has 1 rings (SSSR count). The van der Waals surface area contributed by atoms with Crippen LogP contribution in [0.15, 0.2) is 0 Å². The maximum Gasteiger partial charge on any atom is 0.221 e. The molecule has 0 spiro atoms. The molecular weight excluding hydrogens is 168 g/mol. The number of amides is 1. The molecule has 0 atom stereocenters. The Balaban J connectivity index is 2.33. The summed E-state index contributed by atoms with van der Waals surface area (Å²) in [6, 6.07) is 0. The van der Waals surface area contributed by atoms with Crippen molar-refractivity contribution in [3.8, 4) is 0 Å². The summed E-state index contributed by atoms with van der Waals surface area (Å²) in [5.41, 5.74) is 0. The Kier molecular flexibility index (Phi) is 3.89. The van der Waals surface area contributed by atoms with E-state index in [1.807, 2.05) is 11.8 Å². The largest absolute Gasteiger partial charge is 0.355 e. The summed E-state index contributed by atoms with van der Waals surface area (Å²) in [7, 11) is 0. The second-order valence-corrected chi connectivity index (χ2v) is 3.27. The third-order valence-corrected chi connectivity index (χ3v) is 2.20. The molecule has 13 heavy (non-hydrogen) atoms. The average molecular weight is 184 g/mol. The maximum atomic E-state index is 11.1. The van der Waals surface area contributed by atoms with Gasteiger partial charge in [-0.3, -0.25) is 14.5 Å². The van der Waals surface area contributed by atoms with E-state index in [1.165, 1.54) is 0 Å². The summed E-state index contributed by atoms with van der Waals surface area (Å²) in [5.74, 6) is 0.334. The van der Waals surface area contributed by atoms with E-state index in [0.717, 1.165) is 6.54 Å². The molecule has 0 unspecified atom stereocenters. The molecule has 0 aromatic carbocycles. The number of carbonyl (C=O) groups is 2. The van der Waals surface area contributed by atoms with Gasteiger partial charge in [0.25, 0.3) is 0 Å². The molecule has 0 aromatic rings. The van der Waals surface area contributed by atoms with Gasteiger partial charge in [0.2, 0.25) is 5.91 Å². The van der Waals surface area contributed by atoms with Gasteiger partial charge >= 0.3 is 0 Å². The van der Waals surface area contributed by atoms with E-state index in [0.29, 0.717) is 32.5 Å². The molecule has 1 aliphatic heterocycles. The summed E-state index contributed by atoms with van der Waals surface area (Å²) < 4.78 is 0. The normalized spacial score (nSPS) is 19.3. The van der Waals surface area contributed by atoms with Crippen LogP contribution in [-0.2, 0) is 9.59 Å². The molecule has 4 nitrogen and oxygen atoms in total. The van der Waals surface area contributed by atoms with E-state index < -0.39 is 0 Å². The summed E-state index contributed by atoms with van der Waals surface area (Å²) in [6.45, 7) is 4.51. The zero-order valence-electron chi connectivity index (χ0n) is 8.01. The first-order valence-corrected chi connectivity index (χ1v) is 4.73. The van der Waals surface area contributed by atoms with E-state index in [1.54, 1.807) is 0 Å². The predicted molar refractivity (Wildman–Crippen MR) is 49.4 cm³/mol. The van der Waals surface area contributed by atoms with Crippen LogP contribution in [0.2, 0.25) is 0 Å². The smallest absolute Gasteiger partial charge is 0.221 e. The van der Waals surface area contributed by atoms with Crippen molar-refractivity contribution < 1.29 is 9.59 Å². The summed E-state index contributed by atoms with van der Waals surface area (Å²) in [6.07, 6.45) is 1.09. The van der Waals surface area contributed by atoms with Gasteiger partial charge in [0.1, 0.15) is 5.78 Å². The van der Waals surface area contributed by atoms with E-state index in [2.05, 4.69) is 5.32 Å². The lowest BCUT2D eigenvalue weighted by molar-refractivity contribution is -0.122. The number of nitrogens with zero attached hydrogens (tertiary/aromatic N) is 1. The Morgan fingerprint density at radius 2 is 2.31 bits per heavy atom. The first kappa shape index (κ1) is 10.2. The second-order valence-electron chi connectivity index (χ2n) is 3.27. The summed E-state index contributed by atoms with van der Waals surface area (Å²) in [4.78, 5) is 24.1. The van der Waals surface area contributed by atoms with Crippen molar-refractivity contribution in [2.45, 2.75) is 19.8 Å². The highest BCUT2D eigenvalue weighted by molar-refractivity contribution is 5.80. The molecule has 0 saturated carbocycles. The van der Waals surface area contributed by atoms with Crippen LogP contribution in [0.3, 0.4) is 0 Å². The molecule has 1 aliphatic rings. The van der Waals surface area contributed by atoms with Gasteiger partial charge in [-0.15, -0.1) is 0 Å². The van der Waals surface area contributed by atoms with Crippen molar-refractivity contribution in [1.82, 2.24) is 10.2 Å². The highest BCUT2D eigenvalue weighted by atomic mass is 16.1. The monoisotopic (exact) mass is 184 g/mol. The molecule has 1 saturated heterocycles. The SMILES string of the molecule is CCC(=O)CN1CCNC(=O)CC1. The van der Waals surface area contributed by atoms with Crippen molar-refractivity contribution in [2.24, 2.45) is 0 Å². The Bertz CT molecular complexity index is 204. The number of rotatable bonds is 3. The molecule has 0 radical (unpaired) electrons. The minimum absolute atomic E-state index is 0.0893. The van der Waals surface area contributed by atoms with Crippen LogP contribution in [0.25, 0.3) is 0 Å². The Morgan fingerprint density at radius 1 is 1.54 bits per heavy atom. The van der Waals surface area contributed by atoms with E-state index in [-0.39, 0.29) is 11.7 Å². The zero-order valence-corrected chi connectivity index (χ0v) is 8.01. The number of ketones is 1. The highest BCUT2D eigenvalue weighted by Gasteiger charge is 2.14. The molecule has 4 heteroatoms. The fraction of sp³-hybridized carbons (Fsp3) is 0.778.